The molecule has 0 atom stereocenters. The largest absolute Gasteiger partial charge is 0.508 e. The molecule has 1 N–H and O–H groups in total. The Morgan fingerprint density at radius 2 is 1.80 bits per heavy atom. The highest BCUT2D eigenvalue weighted by molar-refractivity contribution is 5.19. The lowest BCUT2D eigenvalue weighted by molar-refractivity contribution is 0.424. The standard InChI is InChI=1S/C9H16O/c1-5-8(4)6-9(10)7(2)3/h6,10H,5H2,1-4H3/b8-6-. The minimum atomic E-state index is 0.402. The molecule has 0 aromatic rings. The highest BCUT2D eigenvalue weighted by atomic mass is 16.3. The molecule has 0 rings (SSSR count). The summed E-state index contributed by atoms with van der Waals surface area (Å²) in [6.07, 6.45) is 2.81. The van der Waals surface area contributed by atoms with Crippen molar-refractivity contribution in [3.8, 4) is 0 Å². The minimum Gasteiger partial charge on any atom is -0.508 e. The third kappa shape index (κ3) is 3.33. The van der Waals surface area contributed by atoms with Crippen molar-refractivity contribution in [1.29, 1.82) is 0 Å². The zero-order valence-corrected chi connectivity index (χ0v) is 7.23. The molecule has 1 heteroatoms. The topological polar surface area (TPSA) is 20.2 Å². The maximum atomic E-state index is 9.23. The van der Waals surface area contributed by atoms with E-state index in [-0.39, 0.29) is 0 Å². The van der Waals surface area contributed by atoms with Gasteiger partial charge in [0.1, 0.15) is 5.76 Å². The Balaban J connectivity index is 4.27. The summed E-state index contributed by atoms with van der Waals surface area (Å²) in [7, 11) is 0. The third-order valence-corrected chi connectivity index (χ3v) is 1.45. The van der Waals surface area contributed by atoms with Crippen LogP contribution in [0.3, 0.4) is 0 Å². The third-order valence-electron chi connectivity index (χ3n) is 1.45. The fourth-order valence-electron chi connectivity index (χ4n) is 0.480. The van der Waals surface area contributed by atoms with E-state index in [9.17, 15) is 5.11 Å². The van der Waals surface area contributed by atoms with Crippen LogP contribution in [-0.2, 0) is 0 Å². The Morgan fingerprint density at radius 3 is 2.10 bits per heavy atom. The van der Waals surface area contributed by atoms with E-state index in [1.165, 1.54) is 5.57 Å². The molecule has 0 bridgehead atoms. The van der Waals surface area contributed by atoms with Crippen molar-refractivity contribution in [2.75, 3.05) is 0 Å². The van der Waals surface area contributed by atoms with Crippen molar-refractivity contribution in [3.63, 3.8) is 0 Å². The number of aliphatic hydroxyl groups is 1. The van der Waals surface area contributed by atoms with Crippen LogP contribution in [0.2, 0.25) is 0 Å². The van der Waals surface area contributed by atoms with Gasteiger partial charge < -0.3 is 5.11 Å². The van der Waals surface area contributed by atoms with E-state index in [4.69, 9.17) is 0 Å². The van der Waals surface area contributed by atoms with Crippen LogP contribution in [0.4, 0.5) is 0 Å². The van der Waals surface area contributed by atoms with Gasteiger partial charge in [-0.1, -0.05) is 12.5 Å². The minimum absolute atomic E-state index is 0.402. The molecule has 0 aliphatic carbocycles. The molecule has 0 aromatic heterocycles. The van der Waals surface area contributed by atoms with Crippen LogP contribution >= 0.6 is 0 Å². The highest BCUT2D eigenvalue weighted by Crippen LogP contribution is 2.06. The van der Waals surface area contributed by atoms with Crippen LogP contribution in [0.25, 0.3) is 0 Å². The SMILES string of the molecule is CC/C(C)=C\C(O)=C(C)C. The first-order valence-corrected chi connectivity index (χ1v) is 3.61. The maximum Gasteiger partial charge on any atom is 0.114 e. The first-order chi connectivity index (χ1) is 4.57. The van der Waals surface area contributed by atoms with Crippen molar-refractivity contribution >= 4 is 0 Å². The molecule has 58 valence electrons. The lowest BCUT2D eigenvalue weighted by atomic mass is 10.2. The predicted molar refractivity (Wildman–Crippen MR) is 45.1 cm³/mol. The van der Waals surface area contributed by atoms with Crippen LogP contribution in [0.5, 0.6) is 0 Å². The van der Waals surface area contributed by atoms with Crippen LogP contribution in [0.1, 0.15) is 34.1 Å². The Bertz CT molecular complexity index is 160. The molecule has 0 aliphatic heterocycles. The number of hydrogen-bond donors (Lipinski definition) is 1. The highest BCUT2D eigenvalue weighted by Gasteiger charge is 1.90. The average molecular weight is 140 g/mol. The fourth-order valence-corrected chi connectivity index (χ4v) is 0.480. The fraction of sp³-hybridized carbons (Fsp3) is 0.556. The molecule has 0 aliphatic rings. The number of aliphatic hydroxyl groups excluding tert-OH is 1. The summed E-state index contributed by atoms with van der Waals surface area (Å²) in [5, 5.41) is 9.23. The van der Waals surface area contributed by atoms with E-state index in [1.54, 1.807) is 0 Å². The average Bonchev–Trinajstić information content (AvgIpc) is 1.87. The molecule has 10 heavy (non-hydrogen) atoms. The van der Waals surface area contributed by atoms with E-state index in [1.807, 2.05) is 26.8 Å². The van der Waals surface area contributed by atoms with Gasteiger partial charge >= 0.3 is 0 Å². The van der Waals surface area contributed by atoms with Gasteiger partial charge in [0.05, 0.1) is 0 Å². The van der Waals surface area contributed by atoms with E-state index in [0.717, 1.165) is 12.0 Å². The molecule has 0 heterocycles. The van der Waals surface area contributed by atoms with Crippen molar-refractivity contribution < 1.29 is 5.11 Å². The van der Waals surface area contributed by atoms with E-state index in [2.05, 4.69) is 6.92 Å². The van der Waals surface area contributed by atoms with Gasteiger partial charge in [-0.2, -0.15) is 0 Å². The monoisotopic (exact) mass is 140 g/mol. The maximum absolute atomic E-state index is 9.23. The van der Waals surface area contributed by atoms with Crippen molar-refractivity contribution in [2.45, 2.75) is 34.1 Å². The summed E-state index contributed by atoms with van der Waals surface area (Å²) in [4.78, 5) is 0. The second-order valence-corrected chi connectivity index (χ2v) is 2.73. The molecule has 1 nitrogen and oxygen atoms in total. The van der Waals surface area contributed by atoms with Gasteiger partial charge in [-0.25, -0.2) is 0 Å². The second-order valence-electron chi connectivity index (χ2n) is 2.73. The Labute approximate surface area is 63.1 Å². The van der Waals surface area contributed by atoms with E-state index >= 15 is 0 Å². The second kappa shape index (κ2) is 4.15. The smallest absolute Gasteiger partial charge is 0.114 e. The first-order valence-electron chi connectivity index (χ1n) is 3.61. The molecule has 0 saturated carbocycles. The van der Waals surface area contributed by atoms with Gasteiger partial charge in [0.15, 0.2) is 0 Å². The van der Waals surface area contributed by atoms with Gasteiger partial charge in [0.2, 0.25) is 0 Å². The number of hydrogen-bond acceptors (Lipinski definition) is 1. The van der Waals surface area contributed by atoms with Crippen LogP contribution in [0.15, 0.2) is 23.0 Å². The summed E-state index contributed by atoms with van der Waals surface area (Å²) < 4.78 is 0. The molecule has 0 aromatic carbocycles. The summed E-state index contributed by atoms with van der Waals surface area (Å²) >= 11 is 0. The first kappa shape index (κ1) is 9.28. The molecule has 0 saturated heterocycles. The lowest BCUT2D eigenvalue weighted by Crippen LogP contribution is -1.81. The molecule has 0 unspecified atom stereocenters. The molecule has 0 fully saturated rings. The molecule has 0 radical (unpaired) electrons. The molecule has 0 amide bonds. The molecular weight excluding hydrogens is 124 g/mol. The predicted octanol–water partition coefficient (Wildman–Crippen LogP) is 3.19. The summed E-state index contributed by atoms with van der Waals surface area (Å²) in [5.74, 6) is 0.402. The van der Waals surface area contributed by atoms with E-state index in [0.29, 0.717) is 5.76 Å². The van der Waals surface area contributed by atoms with Crippen molar-refractivity contribution in [3.05, 3.63) is 23.0 Å². The zero-order chi connectivity index (χ0) is 8.15. The zero-order valence-electron chi connectivity index (χ0n) is 7.23. The van der Waals surface area contributed by atoms with Gasteiger partial charge in [-0.3, -0.25) is 0 Å². The summed E-state index contributed by atoms with van der Waals surface area (Å²) in [6.45, 7) is 7.88. The van der Waals surface area contributed by atoms with Crippen molar-refractivity contribution in [2.24, 2.45) is 0 Å². The summed E-state index contributed by atoms with van der Waals surface area (Å²) in [5.41, 5.74) is 2.17. The summed E-state index contributed by atoms with van der Waals surface area (Å²) in [6, 6.07) is 0. The van der Waals surface area contributed by atoms with Crippen LogP contribution in [0, 0.1) is 0 Å². The number of rotatable bonds is 2. The van der Waals surface area contributed by atoms with Gasteiger partial charge in [-0.15, -0.1) is 0 Å². The van der Waals surface area contributed by atoms with E-state index < -0.39 is 0 Å². The Morgan fingerprint density at radius 1 is 1.30 bits per heavy atom. The van der Waals surface area contributed by atoms with Gasteiger partial charge in [-0.05, 0) is 38.8 Å². The van der Waals surface area contributed by atoms with Gasteiger partial charge in [0, 0.05) is 0 Å². The molecular formula is C9H16O. The normalized spacial score (nSPS) is 11.4. The lowest BCUT2D eigenvalue weighted by Gasteiger charge is -1.97. The molecule has 0 spiro atoms. The van der Waals surface area contributed by atoms with Gasteiger partial charge in [0.25, 0.3) is 0 Å². The van der Waals surface area contributed by atoms with Crippen LogP contribution < -0.4 is 0 Å². The van der Waals surface area contributed by atoms with Crippen LogP contribution in [-0.4, -0.2) is 5.11 Å². The number of allylic oxidation sites excluding steroid dienone is 3. The quantitative estimate of drug-likeness (QED) is 0.461. The Hall–Kier alpha value is -0.720. The Kier molecular flexibility index (Phi) is 3.85. The van der Waals surface area contributed by atoms with Crippen molar-refractivity contribution in [1.82, 2.24) is 0 Å².